The fraction of sp³-hybridized carbons (Fsp3) is 0.188. The van der Waals surface area contributed by atoms with Gasteiger partial charge in [0.15, 0.2) is 0 Å². The molecule has 102 valence electrons. The first-order valence-electron chi connectivity index (χ1n) is 6.50. The lowest BCUT2D eigenvalue weighted by atomic mass is 10.1. The van der Waals surface area contributed by atoms with Gasteiger partial charge < -0.3 is 9.80 Å². The summed E-state index contributed by atoms with van der Waals surface area (Å²) in [4.78, 5) is 16.0. The van der Waals surface area contributed by atoms with Crippen LogP contribution in [0.25, 0.3) is 0 Å². The molecule has 1 aliphatic rings. The van der Waals surface area contributed by atoms with E-state index in [0.717, 1.165) is 22.4 Å². The molecule has 0 N–H and O–H groups in total. The third-order valence-corrected chi connectivity index (χ3v) is 4.05. The van der Waals surface area contributed by atoms with Crippen molar-refractivity contribution in [3.05, 3.63) is 58.6 Å². The van der Waals surface area contributed by atoms with Crippen LogP contribution < -0.4 is 9.80 Å². The van der Waals surface area contributed by atoms with E-state index in [9.17, 15) is 4.79 Å². The van der Waals surface area contributed by atoms with E-state index < -0.39 is 0 Å². The minimum absolute atomic E-state index is 0.117. The van der Waals surface area contributed by atoms with Crippen LogP contribution in [0.5, 0.6) is 0 Å². The van der Waals surface area contributed by atoms with Crippen LogP contribution in [0.3, 0.4) is 0 Å². The minimum atomic E-state index is 0.117. The molecule has 0 spiro atoms. The Morgan fingerprint density at radius 3 is 2.60 bits per heavy atom. The van der Waals surface area contributed by atoms with Crippen molar-refractivity contribution in [3.63, 3.8) is 0 Å². The van der Waals surface area contributed by atoms with Crippen LogP contribution in [0.1, 0.15) is 5.56 Å². The Kier molecular flexibility index (Phi) is 3.49. The van der Waals surface area contributed by atoms with Crippen LogP contribution in [0.2, 0.25) is 0 Å². The van der Waals surface area contributed by atoms with E-state index in [2.05, 4.69) is 39.0 Å². The van der Waals surface area contributed by atoms with Gasteiger partial charge in [0, 0.05) is 18.1 Å². The van der Waals surface area contributed by atoms with Gasteiger partial charge in [0.05, 0.1) is 17.9 Å². The molecule has 4 heteroatoms. The summed E-state index contributed by atoms with van der Waals surface area (Å²) in [6, 6.07) is 16.3. The minimum Gasteiger partial charge on any atom is -0.356 e. The van der Waals surface area contributed by atoms with E-state index in [1.807, 2.05) is 37.4 Å². The molecule has 0 saturated heterocycles. The Morgan fingerprint density at radius 1 is 1.10 bits per heavy atom. The summed E-state index contributed by atoms with van der Waals surface area (Å²) in [6.07, 6.45) is 0. The van der Waals surface area contributed by atoms with Crippen LogP contribution in [0.15, 0.2) is 53.0 Å². The zero-order chi connectivity index (χ0) is 14.1. The first kappa shape index (κ1) is 13.2. The first-order valence-corrected chi connectivity index (χ1v) is 7.29. The van der Waals surface area contributed by atoms with E-state index >= 15 is 0 Å². The second kappa shape index (κ2) is 5.29. The summed E-state index contributed by atoms with van der Waals surface area (Å²) in [5.41, 5.74) is 3.25. The summed E-state index contributed by atoms with van der Waals surface area (Å²) in [7, 11) is 1.83. The third-order valence-electron chi connectivity index (χ3n) is 3.56. The largest absolute Gasteiger partial charge is 0.356 e. The molecule has 0 radical (unpaired) electrons. The van der Waals surface area contributed by atoms with Crippen molar-refractivity contribution in [2.24, 2.45) is 0 Å². The molecule has 0 saturated carbocycles. The lowest BCUT2D eigenvalue weighted by Crippen LogP contribution is -2.43. The normalized spacial score (nSPS) is 14.4. The monoisotopic (exact) mass is 330 g/mol. The smallest absolute Gasteiger partial charge is 0.246 e. The van der Waals surface area contributed by atoms with Crippen molar-refractivity contribution in [2.75, 3.05) is 23.4 Å². The molecule has 2 aromatic rings. The maximum absolute atomic E-state index is 12.1. The third kappa shape index (κ3) is 2.43. The number of carbonyl (C=O) groups excluding carboxylic acids is 1. The SMILES string of the molecule is CN1C(=O)CN(Cc2ccccc2)c2ccc(Br)cc21. The average molecular weight is 331 g/mol. The molecule has 0 fully saturated rings. The van der Waals surface area contributed by atoms with E-state index in [1.54, 1.807) is 4.90 Å². The Morgan fingerprint density at radius 2 is 1.85 bits per heavy atom. The highest BCUT2D eigenvalue weighted by atomic mass is 79.9. The molecule has 0 atom stereocenters. The fourth-order valence-electron chi connectivity index (χ4n) is 2.47. The molecule has 1 amide bonds. The quantitative estimate of drug-likeness (QED) is 0.842. The van der Waals surface area contributed by atoms with E-state index in [-0.39, 0.29) is 5.91 Å². The zero-order valence-electron chi connectivity index (χ0n) is 11.2. The van der Waals surface area contributed by atoms with Crippen LogP contribution >= 0.6 is 15.9 Å². The number of hydrogen-bond donors (Lipinski definition) is 0. The zero-order valence-corrected chi connectivity index (χ0v) is 12.8. The lowest BCUT2D eigenvalue weighted by Gasteiger charge is -2.35. The maximum atomic E-state index is 12.1. The van der Waals surface area contributed by atoms with Gasteiger partial charge in [0.1, 0.15) is 0 Å². The van der Waals surface area contributed by atoms with Gasteiger partial charge in [-0.3, -0.25) is 4.79 Å². The molecule has 2 aromatic carbocycles. The summed E-state index contributed by atoms with van der Waals surface area (Å²) in [5, 5.41) is 0. The molecular formula is C16H15BrN2O. The highest BCUT2D eigenvalue weighted by Crippen LogP contribution is 2.35. The van der Waals surface area contributed by atoms with Crippen molar-refractivity contribution in [1.82, 2.24) is 0 Å². The summed E-state index contributed by atoms with van der Waals surface area (Å²) in [6.45, 7) is 1.16. The van der Waals surface area contributed by atoms with Crippen molar-refractivity contribution in [3.8, 4) is 0 Å². The number of likely N-dealkylation sites (N-methyl/N-ethyl adjacent to an activating group) is 1. The Hall–Kier alpha value is -1.81. The van der Waals surface area contributed by atoms with E-state index in [1.165, 1.54) is 5.56 Å². The number of fused-ring (bicyclic) bond motifs is 1. The van der Waals surface area contributed by atoms with Crippen molar-refractivity contribution >= 4 is 33.2 Å². The number of carbonyl (C=O) groups is 1. The predicted octanol–water partition coefficient (Wildman–Crippen LogP) is 3.43. The Bertz CT molecular complexity index is 642. The van der Waals surface area contributed by atoms with Crippen molar-refractivity contribution < 1.29 is 4.79 Å². The number of nitrogens with zero attached hydrogens (tertiary/aromatic N) is 2. The maximum Gasteiger partial charge on any atom is 0.246 e. The number of amides is 1. The van der Waals surface area contributed by atoms with Crippen molar-refractivity contribution in [2.45, 2.75) is 6.54 Å². The molecule has 0 aromatic heterocycles. The fourth-order valence-corrected chi connectivity index (χ4v) is 2.82. The Labute approximate surface area is 126 Å². The Balaban J connectivity index is 1.97. The standard InChI is InChI=1S/C16H15BrN2O/c1-18-15-9-13(17)7-8-14(15)19(11-16(18)20)10-12-5-3-2-4-6-12/h2-9H,10-11H2,1H3. The summed E-state index contributed by atoms with van der Waals surface area (Å²) >= 11 is 3.47. The van der Waals surface area contributed by atoms with Gasteiger partial charge in [-0.1, -0.05) is 46.3 Å². The second-order valence-electron chi connectivity index (χ2n) is 4.93. The number of halogens is 1. The molecule has 3 rings (SSSR count). The summed E-state index contributed by atoms with van der Waals surface area (Å²) < 4.78 is 0.984. The van der Waals surface area contributed by atoms with Gasteiger partial charge in [-0.2, -0.15) is 0 Å². The van der Waals surface area contributed by atoms with Gasteiger partial charge in [0.2, 0.25) is 5.91 Å². The van der Waals surface area contributed by atoms with Crippen LogP contribution in [0.4, 0.5) is 11.4 Å². The van der Waals surface area contributed by atoms with Crippen molar-refractivity contribution in [1.29, 1.82) is 0 Å². The molecular weight excluding hydrogens is 316 g/mol. The van der Waals surface area contributed by atoms with Crippen LogP contribution in [0, 0.1) is 0 Å². The van der Waals surface area contributed by atoms with Gasteiger partial charge >= 0.3 is 0 Å². The molecule has 1 aliphatic heterocycles. The molecule has 1 heterocycles. The molecule has 3 nitrogen and oxygen atoms in total. The first-order chi connectivity index (χ1) is 9.65. The van der Waals surface area contributed by atoms with E-state index in [4.69, 9.17) is 0 Å². The van der Waals surface area contributed by atoms with Crippen LogP contribution in [-0.4, -0.2) is 19.5 Å². The van der Waals surface area contributed by atoms with Crippen LogP contribution in [-0.2, 0) is 11.3 Å². The molecule has 20 heavy (non-hydrogen) atoms. The molecule has 0 aliphatic carbocycles. The number of anilines is 2. The number of rotatable bonds is 2. The average Bonchev–Trinajstić information content (AvgIpc) is 2.45. The van der Waals surface area contributed by atoms with Gasteiger partial charge in [-0.15, -0.1) is 0 Å². The lowest BCUT2D eigenvalue weighted by molar-refractivity contribution is -0.117. The summed E-state index contributed by atoms with van der Waals surface area (Å²) in [5.74, 6) is 0.117. The van der Waals surface area contributed by atoms with Gasteiger partial charge in [0.25, 0.3) is 0 Å². The topological polar surface area (TPSA) is 23.6 Å². The van der Waals surface area contributed by atoms with Gasteiger partial charge in [-0.05, 0) is 23.8 Å². The highest BCUT2D eigenvalue weighted by molar-refractivity contribution is 9.10. The highest BCUT2D eigenvalue weighted by Gasteiger charge is 2.26. The predicted molar refractivity (Wildman–Crippen MR) is 85.0 cm³/mol. The molecule has 0 unspecified atom stereocenters. The van der Waals surface area contributed by atoms with Gasteiger partial charge in [-0.25, -0.2) is 0 Å². The van der Waals surface area contributed by atoms with E-state index in [0.29, 0.717) is 6.54 Å². The second-order valence-corrected chi connectivity index (χ2v) is 5.84. The molecule has 0 bridgehead atoms. The number of benzene rings is 2. The number of hydrogen-bond acceptors (Lipinski definition) is 2.